The first-order valence-corrected chi connectivity index (χ1v) is 7.17. The van der Waals surface area contributed by atoms with Crippen LogP contribution in [0.3, 0.4) is 0 Å². The third-order valence-corrected chi connectivity index (χ3v) is 4.52. The highest BCUT2D eigenvalue weighted by molar-refractivity contribution is 7.89. The molecule has 1 unspecified atom stereocenters. The zero-order chi connectivity index (χ0) is 15.5. The average Bonchev–Trinajstić information content (AvgIpc) is 2.72. The molecule has 0 spiro atoms. The number of aromatic nitrogens is 1. The lowest BCUT2D eigenvalue weighted by atomic mass is 10.4. The highest BCUT2D eigenvalue weighted by Gasteiger charge is 2.26. The summed E-state index contributed by atoms with van der Waals surface area (Å²) in [6, 6.07) is 1.08. The minimum absolute atomic E-state index is 0.00895. The monoisotopic (exact) mass is 306 g/mol. The molecule has 0 saturated carbocycles. The number of ether oxygens (including phenoxy) is 1. The van der Waals surface area contributed by atoms with Crippen LogP contribution in [-0.4, -0.2) is 66.9 Å². The van der Waals surface area contributed by atoms with Gasteiger partial charge in [0.15, 0.2) is 0 Å². The van der Waals surface area contributed by atoms with Crippen molar-refractivity contribution in [2.45, 2.75) is 11.0 Å². The summed E-state index contributed by atoms with van der Waals surface area (Å²) < 4.78 is 31.4. The van der Waals surface area contributed by atoms with E-state index in [1.54, 1.807) is 0 Å². The molecule has 0 bridgehead atoms. The molecule has 114 valence electrons. The third kappa shape index (κ3) is 3.57. The number of hydrogen-bond donors (Lipinski definition) is 2. The lowest BCUT2D eigenvalue weighted by molar-refractivity contribution is 0.0554. The molecule has 0 aliphatic rings. The molecule has 1 heterocycles. The summed E-state index contributed by atoms with van der Waals surface area (Å²) in [4.78, 5) is 10.8. The van der Waals surface area contributed by atoms with E-state index in [-0.39, 0.29) is 23.7 Å². The summed E-state index contributed by atoms with van der Waals surface area (Å²) in [5.74, 6) is -1.21. The van der Waals surface area contributed by atoms with Gasteiger partial charge in [-0.05, 0) is 6.07 Å². The van der Waals surface area contributed by atoms with E-state index in [1.807, 2.05) is 0 Å². The summed E-state index contributed by atoms with van der Waals surface area (Å²) in [7, 11) is 0.297. The fourth-order valence-corrected chi connectivity index (χ4v) is 2.99. The van der Waals surface area contributed by atoms with Gasteiger partial charge in [-0.1, -0.05) is 0 Å². The minimum atomic E-state index is -3.85. The Bertz CT molecular complexity index is 580. The van der Waals surface area contributed by atoms with Crippen LogP contribution in [-0.2, 0) is 21.8 Å². The maximum Gasteiger partial charge on any atom is 0.352 e. The van der Waals surface area contributed by atoms with Gasteiger partial charge in [-0.2, -0.15) is 4.31 Å². The van der Waals surface area contributed by atoms with Crippen LogP contribution in [0.2, 0.25) is 0 Å². The molecular formula is C11H18N2O6S. The first-order valence-electron chi connectivity index (χ1n) is 5.73. The molecular weight excluding hydrogens is 288 g/mol. The lowest BCUT2D eigenvalue weighted by Crippen LogP contribution is -2.36. The van der Waals surface area contributed by atoms with Gasteiger partial charge in [0.2, 0.25) is 10.0 Å². The van der Waals surface area contributed by atoms with Crippen molar-refractivity contribution >= 4 is 16.0 Å². The van der Waals surface area contributed by atoms with Gasteiger partial charge in [-0.15, -0.1) is 0 Å². The van der Waals surface area contributed by atoms with Crippen molar-refractivity contribution in [2.24, 2.45) is 7.05 Å². The molecule has 0 aliphatic heterocycles. The molecule has 1 atom stereocenters. The van der Waals surface area contributed by atoms with Crippen LogP contribution in [0.5, 0.6) is 0 Å². The second kappa shape index (κ2) is 6.35. The van der Waals surface area contributed by atoms with E-state index < -0.39 is 22.1 Å². The third-order valence-electron chi connectivity index (χ3n) is 2.73. The van der Waals surface area contributed by atoms with Gasteiger partial charge in [0.25, 0.3) is 0 Å². The molecule has 0 amide bonds. The summed E-state index contributed by atoms with van der Waals surface area (Å²) in [5, 5.41) is 18.5. The molecule has 0 aromatic carbocycles. The van der Waals surface area contributed by atoms with E-state index in [2.05, 4.69) is 0 Å². The number of hydrogen-bond acceptors (Lipinski definition) is 5. The second-order valence-corrected chi connectivity index (χ2v) is 6.42. The number of nitrogens with zero attached hydrogens (tertiary/aromatic N) is 2. The number of aliphatic hydroxyl groups excluding tert-OH is 1. The van der Waals surface area contributed by atoms with Crippen LogP contribution in [0.4, 0.5) is 0 Å². The average molecular weight is 306 g/mol. The van der Waals surface area contributed by atoms with Gasteiger partial charge in [-0.25, -0.2) is 13.2 Å². The van der Waals surface area contributed by atoms with Gasteiger partial charge in [0, 0.05) is 33.9 Å². The Morgan fingerprint density at radius 1 is 1.55 bits per heavy atom. The van der Waals surface area contributed by atoms with Crippen molar-refractivity contribution in [3.05, 3.63) is 18.0 Å². The van der Waals surface area contributed by atoms with Crippen LogP contribution < -0.4 is 0 Å². The Morgan fingerprint density at radius 3 is 2.60 bits per heavy atom. The SMILES string of the molecule is COCC(O)CN(C)S(=O)(=O)c1cc(C(=O)O)n(C)c1. The molecule has 9 heteroatoms. The van der Waals surface area contributed by atoms with E-state index in [0.29, 0.717) is 0 Å². The van der Waals surface area contributed by atoms with E-state index in [1.165, 1.54) is 32.0 Å². The number of likely N-dealkylation sites (N-methyl/N-ethyl adjacent to an activating group) is 1. The van der Waals surface area contributed by atoms with Crippen LogP contribution in [0.1, 0.15) is 10.5 Å². The molecule has 2 N–H and O–H groups in total. The van der Waals surface area contributed by atoms with E-state index in [0.717, 1.165) is 10.4 Å². The number of aryl methyl sites for hydroxylation is 1. The predicted molar refractivity (Wildman–Crippen MR) is 70.1 cm³/mol. The highest BCUT2D eigenvalue weighted by atomic mass is 32.2. The van der Waals surface area contributed by atoms with Crippen molar-refractivity contribution < 1.29 is 28.2 Å². The fraction of sp³-hybridized carbons (Fsp3) is 0.545. The van der Waals surface area contributed by atoms with E-state index in [4.69, 9.17) is 9.84 Å². The van der Waals surface area contributed by atoms with Crippen LogP contribution in [0.15, 0.2) is 17.2 Å². The maximum absolute atomic E-state index is 12.2. The zero-order valence-electron chi connectivity index (χ0n) is 11.5. The number of carbonyl (C=O) groups is 1. The van der Waals surface area contributed by atoms with E-state index in [9.17, 15) is 18.3 Å². The molecule has 0 saturated heterocycles. The fourth-order valence-electron chi connectivity index (χ4n) is 1.71. The molecule has 20 heavy (non-hydrogen) atoms. The number of carboxylic acid groups (broad SMARTS) is 1. The van der Waals surface area contributed by atoms with Crippen molar-refractivity contribution in [2.75, 3.05) is 27.3 Å². The van der Waals surface area contributed by atoms with Crippen LogP contribution >= 0.6 is 0 Å². The zero-order valence-corrected chi connectivity index (χ0v) is 12.3. The number of aliphatic hydroxyl groups is 1. The number of aromatic carboxylic acids is 1. The van der Waals surface area contributed by atoms with Gasteiger partial charge in [0.1, 0.15) is 10.6 Å². The van der Waals surface area contributed by atoms with Crippen molar-refractivity contribution in [1.29, 1.82) is 0 Å². The number of carboxylic acids is 1. The summed E-state index contributed by atoms with van der Waals surface area (Å²) in [5.41, 5.74) is -0.130. The summed E-state index contributed by atoms with van der Waals surface area (Å²) in [6.07, 6.45) is 0.264. The standard InChI is InChI=1S/C11H18N2O6S/c1-12-6-9(4-10(12)11(15)16)20(17,18)13(2)5-8(14)7-19-3/h4,6,8,14H,5,7H2,1-3H3,(H,15,16). The number of methoxy groups -OCH3 is 1. The summed E-state index contributed by atoms with van der Waals surface area (Å²) in [6.45, 7) is -0.136. The normalized spacial score (nSPS) is 13.7. The molecule has 0 aliphatic carbocycles. The van der Waals surface area contributed by atoms with Crippen molar-refractivity contribution in [3.8, 4) is 0 Å². The largest absolute Gasteiger partial charge is 0.477 e. The van der Waals surface area contributed by atoms with Gasteiger partial charge in [-0.3, -0.25) is 0 Å². The molecule has 8 nitrogen and oxygen atoms in total. The van der Waals surface area contributed by atoms with Gasteiger partial charge < -0.3 is 19.5 Å². The molecule has 0 fully saturated rings. The Labute approximate surface area is 117 Å². The maximum atomic E-state index is 12.2. The second-order valence-electron chi connectivity index (χ2n) is 4.37. The topological polar surface area (TPSA) is 109 Å². The quantitative estimate of drug-likeness (QED) is 0.693. The lowest BCUT2D eigenvalue weighted by Gasteiger charge is -2.19. The highest BCUT2D eigenvalue weighted by Crippen LogP contribution is 2.17. The van der Waals surface area contributed by atoms with Crippen molar-refractivity contribution in [1.82, 2.24) is 8.87 Å². The summed E-state index contributed by atoms with van der Waals surface area (Å²) >= 11 is 0. The van der Waals surface area contributed by atoms with Crippen LogP contribution in [0, 0.1) is 0 Å². The van der Waals surface area contributed by atoms with Gasteiger partial charge >= 0.3 is 5.97 Å². The predicted octanol–water partition coefficient (Wildman–Crippen LogP) is -0.649. The minimum Gasteiger partial charge on any atom is -0.477 e. The van der Waals surface area contributed by atoms with E-state index >= 15 is 0 Å². The van der Waals surface area contributed by atoms with Crippen LogP contribution in [0.25, 0.3) is 0 Å². The van der Waals surface area contributed by atoms with Crippen molar-refractivity contribution in [3.63, 3.8) is 0 Å². The Hall–Kier alpha value is -1.42. The molecule has 1 aromatic rings. The number of rotatable bonds is 7. The molecule has 0 radical (unpaired) electrons. The smallest absolute Gasteiger partial charge is 0.352 e. The van der Waals surface area contributed by atoms with Gasteiger partial charge in [0.05, 0.1) is 12.7 Å². The first-order chi connectivity index (χ1) is 9.20. The Morgan fingerprint density at radius 2 is 2.15 bits per heavy atom. The molecule has 1 aromatic heterocycles. The first kappa shape index (κ1) is 16.6. The number of sulfonamides is 1. The Balaban J connectivity index is 2.98. The molecule has 1 rings (SSSR count). The Kier molecular flexibility index (Phi) is 5.28.